The molecule has 5 nitrogen and oxygen atoms in total. The Morgan fingerprint density at radius 1 is 1.35 bits per heavy atom. The summed E-state index contributed by atoms with van der Waals surface area (Å²) in [5.41, 5.74) is 3.18. The van der Waals surface area contributed by atoms with Gasteiger partial charge in [-0.3, -0.25) is 10.1 Å². The standard InChI is InChI=1S/C14H15N5S/c1-10(14-16-5-6-20-14)17-8-12-9-18-19-13(12)11-3-2-4-15-7-11/h2-7,9-10,17H,8H2,1H3,(H,18,19). The minimum Gasteiger partial charge on any atom is -0.304 e. The van der Waals surface area contributed by atoms with Crippen molar-refractivity contribution in [3.8, 4) is 11.3 Å². The molecule has 0 amide bonds. The number of aromatic amines is 1. The van der Waals surface area contributed by atoms with Crippen LogP contribution in [0.25, 0.3) is 11.3 Å². The molecule has 0 bridgehead atoms. The van der Waals surface area contributed by atoms with Crippen LogP contribution in [0.5, 0.6) is 0 Å². The van der Waals surface area contributed by atoms with E-state index in [0.29, 0.717) is 0 Å². The fourth-order valence-corrected chi connectivity index (χ4v) is 2.67. The van der Waals surface area contributed by atoms with E-state index < -0.39 is 0 Å². The summed E-state index contributed by atoms with van der Waals surface area (Å²) in [5.74, 6) is 0. The van der Waals surface area contributed by atoms with E-state index in [0.717, 1.165) is 28.4 Å². The molecule has 3 rings (SSSR count). The van der Waals surface area contributed by atoms with Crippen LogP contribution < -0.4 is 5.32 Å². The zero-order chi connectivity index (χ0) is 13.8. The Morgan fingerprint density at radius 2 is 2.30 bits per heavy atom. The van der Waals surface area contributed by atoms with Crippen LogP contribution in [-0.2, 0) is 6.54 Å². The van der Waals surface area contributed by atoms with Crippen molar-refractivity contribution in [3.63, 3.8) is 0 Å². The lowest BCUT2D eigenvalue weighted by atomic mass is 10.1. The van der Waals surface area contributed by atoms with Gasteiger partial charge in [0.25, 0.3) is 0 Å². The van der Waals surface area contributed by atoms with E-state index in [1.165, 1.54) is 0 Å². The molecule has 3 heterocycles. The Bertz CT molecular complexity index is 647. The van der Waals surface area contributed by atoms with Gasteiger partial charge in [0.15, 0.2) is 0 Å². The van der Waals surface area contributed by atoms with Crippen molar-refractivity contribution in [2.75, 3.05) is 0 Å². The topological polar surface area (TPSA) is 66.5 Å². The van der Waals surface area contributed by atoms with Gasteiger partial charge in [-0.25, -0.2) is 4.98 Å². The summed E-state index contributed by atoms with van der Waals surface area (Å²) < 4.78 is 0. The summed E-state index contributed by atoms with van der Waals surface area (Å²) in [4.78, 5) is 8.46. The van der Waals surface area contributed by atoms with E-state index in [9.17, 15) is 0 Å². The van der Waals surface area contributed by atoms with Gasteiger partial charge in [0.05, 0.1) is 17.9 Å². The molecule has 0 aromatic carbocycles. The fourth-order valence-electron chi connectivity index (χ4n) is 2.00. The third-order valence-electron chi connectivity index (χ3n) is 3.09. The first-order chi connectivity index (χ1) is 9.84. The van der Waals surface area contributed by atoms with Gasteiger partial charge in [0.2, 0.25) is 0 Å². The second-order valence-corrected chi connectivity index (χ2v) is 5.41. The second kappa shape index (κ2) is 5.94. The molecule has 1 unspecified atom stereocenters. The van der Waals surface area contributed by atoms with E-state index in [1.54, 1.807) is 17.5 Å². The largest absolute Gasteiger partial charge is 0.304 e. The first kappa shape index (κ1) is 13.0. The number of thiazole rings is 1. The van der Waals surface area contributed by atoms with E-state index in [2.05, 4.69) is 32.4 Å². The number of hydrogen-bond donors (Lipinski definition) is 2. The fraction of sp³-hybridized carbons (Fsp3) is 0.214. The van der Waals surface area contributed by atoms with Gasteiger partial charge in [0.1, 0.15) is 5.01 Å². The van der Waals surface area contributed by atoms with Crippen LogP contribution in [0.3, 0.4) is 0 Å². The highest BCUT2D eigenvalue weighted by Crippen LogP contribution is 2.21. The molecule has 0 saturated heterocycles. The van der Waals surface area contributed by atoms with Gasteiger partial charge >= 0.3 is 0 Å². The average molecular weight is 285 g/mol. The molecule has 0 fully saturated rings. The number of hydrogen-bond acceptors (Lipinski definition) is 5. The number of rotatable bonds is 5. The zero-order valence-corrected chi connectivity index (χ0v) is 11.9. The maximum atomic E-state index is 4.32. The van der Waals surface area contributed by atoms with Gasteiger partial charge in [-0.05, 0) is 19.1 Å². The van der Waals surface area contributed by atoms with Gasteiger partial charge in [0, 0.05) is 41.6 Å². The van der Waals surface area contributed by atoms with Crippen molar-refractivity contribution in [2.45, 2.75) is 19.5 Å². The summed E-state index contributed by atoms with van der Waals surface area (Å²) in [5, 5.41) is 13.7. The molecule has 3 aromatic heterocycles. The molecule has 6 heteroatoms. The van der Waals surface area contributed by atoms with Crippen LogP contribution in [0.4, 0.5) is 0 Å². The molecule has 1 atom stereocenters. The van der Waals surface area contributed by atoms with Gasteiger partial charge in [-0.15, -0.1) is 11.3 Å². The first-order valence-electron chi connectivity index (χ1n) is 6.40. The van der Waals surface area contributed by atoms with Crippen LogP contribution in [0.1, 0.15) is 23.5 Å². The van der Waals surface area contributed by atoms with Crippen molar-refractivity contribution < 1.29 is 0 Å². The summed E-state index contributed by atoms with van der Waals surface area (Å²) in [6, 6.07) is 4.17. The Labute approximate surface area is 121 Å². The van der Waals surface area contributed by atoms with E-state index >= 15 is 0 Å². The lowest BCUT2D eigenvalue weighted by molar-refractivity contribution is 0.572. The molecule has 20 heavy (non-hydrogen) atoms. The molecular formula is C14H15N5S. The van der Waals surface area contributed by atoms with E-state index in [4.69, 9.17) is 0 Å². The van der Waals surface area contributed by atoms with Crippen molar-refractivity contribution in [2.24, 2.45) is 0 Å². The number of nitrogens with one attached hydrogen (secondary N) is 2. The summed E-state index contributed by atoms with van der Waals surface area (Å²) >= 11 is 1.66. The Kier molecular flexibility index (Phi) is 3.85. The Balaban J connectivity index is 1.72. The first-order valence-corrected chi connectivity index (χ1v) is 7.28. The molecule has 0 aliphatic carbocycles. The van der Waals surface area contributed by atoms with Crippen LogP contribution in [0.2, 0.25) is 0 Å². The van der Waals surface area contributed by atoms with Gasteiger partial charge in [-0.1, -0.05) is 0 Å². The third kappa shape index (κ3) is 2.76. The Hall–Kier alpha value is -2.05. The molecule has 3 aromatic rings. The maximum absolute atomic E-state index is 4.32. The second-order valence-electron chi connectivity index (χ2n) is 4.48. The predicted molar refractivity (Wildman–Crippen MR) is 79.2 cm³/mol. The highest BCUT2D eigenvalue weighted by atomic mass is 32.1. The van der Waals surface area contributed by atoms with Crippen LogP contribution in [0, 0.1) is 0 Å². The quantitative estimate of drug-likeness (QED) is 0.756. The predicted octanol–water partition coefficient (Wildman–Crippen LogP) is 2.78. The molecule has 0 aliphatic heterocycles. The minimum atomic E-state index is 0.228. The van der Waals surface area contributed by atoms with Crippen molar-refractivity contribution in [1.29, 1.82) is 0 Å². The molecule has 2 N–H and O–H groups in total. The van der Waals surface area contributed by atoms with Gasteiger partial charge < -0.3 is 5.32 Å². The van der Waals surface area contributed by atoms with Crippen LogP contribution >= 0.6 is 11.3 Å². The van der Waals surface area contributed by atoms with Crippen molar-refractivity contribution in [1.82, 2.24) is 25.5 Å². The highest BCUT2D eigenvalue weighted by molar-refractivity contribution is 7.09. The number of pyridine rings is 1. The normalized spacial score (nSPS) is 12.4. The molecule has 0 saturated carbocycles. The number of nitrogens with zero attached hydrogens (tertiary/aromatic N) is 3. The average Bonchev–Trinajstić information content (AvgIpc) is 3.17. The monoisotopic (exact) mass is 285 g/mol. The summed E-state index contributed by atoms with van der Waals surface area (Å²) in [7, 11) is 0. The van der Waals surface area contributed by atoms with Crippen molar-refractivity contribution in [3.05, 3.63) is 52.9 Å². The number of aromatic nitrogens is 4. The highest BCUT2D eigenvalue weighted by Gasteiger charge is 2.11. The molecule has 0 aliphatic rings. The maximum Gasteiger partial charge on any atom is 0.109 e. The Morgan fingerprint density at radius 3 is 3.05 bits per heavy atom. The lowest BCUT2D eigenvalue weighted by Crippen LogP contribution is -2.18. The minimum absolute atomic E-state index is 0.228. The van der Waals surface area contributed by atoms with Crippen LogP contribution in [-0.4, -0.2) is 20.2 Å². The van der Waals surface area contributed by atoms with Gasteiger partial charge in [-0.2, -0.15) is 5.10 Å². The molecule has 0 spiro atoms. The summed E-state index contributed by atoms with van der Waals surface area (Å²) in [6.07, 6.45) is 7.28. The zero-order valence-electron chi connectivity index (χ0n) is 11.1. The number of H-pyrrole nitrogens is 1. The smallest absolute Gasteiger partial charge is 0.109 e. The third-order valence-corrected chi connectivity index (χ3v) is 4.05. The van der Waals surface area contributed by atoms with E-state index in [1.807, 2.05) is 36.1 Å². The molecule has 0 radical (unpaired) electrons. The molecule has 102 valence electrons. The van der Waals surface area contributed by atoms with Crippen molar-refractivity contribution >= 4 is 11.3 Å². The van der Waals surface area contributed by atoms with E-state index in [-0.39, 0.29) is 6.04 Å². The molecular weight excluding hydrogens is 270 g/mol. The van der Waals surface area contributed by atoms with Crippen LogP contribution in [0.15, 0.2) is 42.3 Å². The lowest BCUT2D eigenvalue weighted by Gasteiger charge is -2.11. The summed E-state index contributed by atoms with van der Waals surface area (Å²) in [6.45, 7) is 2.85. The SMILES string of the molecule is CC(NCc1cn[nH]c1-c1cccnc1)c1nccs1.